The van der Waals surface area contributed by atoms with Crippen molar-refractivity contribution in [2.24, 2.45) is 17.8 Å². The van der Waals surface area contributed by atoms with Gasteiger partial charge in [-0.2, -0.15) is 5.26 Å². The van der Waals surface area contributed by atoms with Crippen molar-refractivity contribution in [1.29, 1.82) is 5.26 Å². The van der Waals surface area contributed by atoms with E-state index in [1.54, 1.807) is 0 Å². The topological polar surface area (TPSA) is 64.3 Å². The van der Waals surface area contributed by atoms with Crippen molar-refractivity contribution in [3.8, 4) is 6.07 Å². The highest BCUT2D eigenvalue weighted by Gasteiger charge is 2.36. The number of aliphatic carboxylic acids is 1. The van der Waals surface area contributed by atoms with Crippen molar-refractivity contribution in [2.75, 3.05) is 13.1 Å². The molecule has 3 saturated carbocycles. The Kier molecular flexibility index (Phi) is 10.1. The highest BCUT2D eigenvalue weighted by atomic mass is 16.4. The molecule has 0 heterocycles. The van der Waals surface area contributed by atoms with Gasteiger partial charge in [0, 0.05) is 12.5 Å². The van der Waals surface area contributed by atoms with E-state index in [1.165, 1.54) is 95.7 Å². The first-order chi connectivity index (χ1) is 17.1. The average molecular weight is 479 g/mol. The van der Waals surface area contributed by atoms with Crippen LogP contribution in [-0.2, 0) is 4.79 Å². The van der Waals surface area contributed by atoms with E-state index in [0.717, 1.165) is 31.1 Å². The second-order valence-electron chi connectivity index (χ2n) is 11.8. The minimum Gasteiger partial charge on any atom is -0.481 e. The summed E-state index contributed by atoms with van der Waals surface area (Å²) < 4.78 is 0. The third-order valence-corrected chi connectivity index (χ3v) is 9.42. The molecule has 4 heteroatoms. The van der Waals surface area contributed by atoms with Crippen LogP contribution in [0, 0.1) is 29.1 Å². The Labute approximate surface area is 213 Å². The van der Waals surface area contributed by atoms with E-state index < -0.39 is 5.97 Å². The number of carboxylic acid groups (broad SMARTS) is 1. The smallest absolute Gasteiger partial charge is 0.303 e. The van der Waals surface area contributed by atoms with Gasteiger partial charge in [-0.15, -0.1) is 0 Å². The molecule has 0 aromatic heterocycles. The molecule has 1 aromatic rings. The van der Waals surface area contributed by atoms with Crippen molar-refractivity contribution >= 4 is 5.97 Å². The van der Waals surface area contributed by atoms with Crippen molar-refractivity contribution in [2.45, 2.75) is 115 Å². The molecular formula is C31H46N2O2. The summed E-state index contributed by atoms with van der Waals surface area (Å²) in [6.45, 7) is 2.39. The second-order valence-corrected chi connectivity index (χ2v) is 11.8. The van der Waals surface area contributed by atoms with Crippen LogP contribution in [0.2, 0.25) is 0 Å². The molecule has 0 spiro atoms. The summed E-state index contributed by atoms with van der Waals surface area (Å²) >= 11 is 0. The SMILES string of the molecule is N#Cc1ccc([C@@H]2C[C@H](CC(=O)O)CC[C@H]2N(CCC2CCCCC2)CCC2CCCCC2)cc1. The zero-order valence-corrected chi connectivity index (χ0v) is 21.7. The average Bonchev–Trinajstić information content (AvgIpc) is 2.90. The van der Waals surface area contributed by atoms with Crippen LogP contribution in [0.3, 0.4) is 0 Å². The van der Waals surface area contributed by atoms with Crippen molar-refractivity contribution in [3.05, 3.63) is 35.4 Å². The van der Waals surface area contributed by atoms with Gasteiger partial charge in [0.15, 0.2) is 0 Å². The maximum absolute atomic E-state index is 11.5. The van der Waals surface area contributed by atoms with Crippen LogP contribution in [0.4, 0.5) is 0 Å². The van der Waals surface area contributed by atoms with Crippen LogP contribution in [0.1, 0.15) is 120 Å². The number of nitrogens with zero attached hydrogens (tertiary/aromatic N) is 2. The molecule has 192 valence electrons. The molecule has 0 amide bonds. The first-order valence-electron chi connectivity index (χ1n) is 14.6. The number of rotatable bonds is 10. The highest BCUT2D eigenvalue weighted by molar-refractivity contribution is 5.67. The van der Waals surface area contributed by atoms with Gasteiger partial charge >= 0.3 is 5.97 Å². The van der Waals surface area contributed by atoms with Gasteiger partial charge in [-0.1, -0.05) is 76.3 Å². The summed E-state index contributed by atoms with van der Waals surface area (Å²) in [5, 5.41) is 18.8. The van der Waals surface area contributed by atoms with E-state index in [1.807, 2.05) is 12.1 Å². The molecule has 4 rings (SSSR count). The quantitative estimate of drug-likeness (QED) is 0.377. The molecular weight excluding hydrogens is 432 g/mol. The molecule has 0 bridgehead atoms. The van der Waals surface area contributed by atoms with E-state index >= 15 is 0 Å². The Morgan fingerprint density at radius 2 is 1.40 bits per heavy atom. The van der Waals surface area contributed by atoms with Crippen molar-refractivity contribution in [1.82, 2.24) is 4.90 Å². The van der Waals surface area contributed by atoms with Gasteiger partial charge in [-0.25, -0.2) is 0 Å². The Bertz CT molecular complexity index is 795. The van der Waals surface area contributed by atoms with Crippen LogP contribution in [0.25, 0.3) is 0 Å². The molecule has 1 N–H and O–H groups in total. The Balaban J connectivity index is 1.51. The van der Waals surface area contributed by atoms with E-state index in [-0.39, 0.29) is 12.3 Å². The van der Waals surface area contributed by atoms with Crippen molar-refractivity contribution < 1.29 is 9.90 Å². The first kappa shape index (κ1) is 26.2. The maximum atomic E-state index is 11.5. The molecule has 3 aliphatic carbocycles. The van der Waals surface area contributed by atoms with E-state index in [9.17, 15) is 15.2 Å². The fourth-order valence-corrected chi connectivity index (χ4v) is 7.37. The van der Waals surface area contributed by atoms with Crippen LogP contribution in [0.5, 0.6) is 0 Å². The number of hydrogen-bond acceptors (Lipinski definition) is 3. The van der Waals surface area contributed by atoms with Crippen LogP contribution < -0.4 is 0 Å². The lowest BCUT2D eigenvalue weighted by Crippen LogP contribution is -2.45. The maximum Gasteiger partial charge on any atom is 0.303 e. The lowest BCUT2D eigenvalue weighted by atomic mass is 9.72. The molecule has 4 nitrogen and oxygen atoms in total. The first-order valence-corrected chi connectivity index (χ1v) is 14.6. The largest absolute Gasteiger partial charge is 0.481 e. The van der Waals surface area contributed by atoms with Crippen molar-refractivity contribution in [3.63, 3.8) is 0 Å². The number of carbonyl (C=O) groups is 1. The molecule has 0 radical (unpaired) electrons. The Morgan fingerprint density at radius 1 is 0.829 bits per heavy atom. The monoisotopic (exact) mass is 478 g/mol. The third kappa shape index (κ3) is 7.81. The molecule has 3 aliphatic rings. The fourth-order valence-electron chi connectivity index (χ4n) is 7.37. The predicted molar refractivity (Wildman–Crippen MR) is 141 cm³/mol. The molecule has 0 saturated heterocycles. The Morgan fingerprint density at radius 3 is 1.91 bits per heavy atom. The summed E-state index contributed by atoms with van der Waals surface area (Å²) in [4.78, 5) is 14.4. The van der Waals surface area contributed by atoms with Gasteiger partial charge in [0.05, 0.1) is 11.6 Å². The summed E-state index contributed by atoms with van der Waals surface area (Å²) in [6.07, 6.45) is 20.0. The standard InChI is InChI=1S/C31H46N2O2/c32-23-26-11-14-28(15-12-26)29-21-27(22-31(34)35)13-16-30(29)33(19-17-24-7-3-1-4-8-24)20-18-25-9-5-2-6-10-25/h11-12,14-15,24-25,27,29-30H,1-10,13,16-22H2,(H,34,35)/t27-,29+,30-/m1/s1. The molecule has 1 aromatic carbocycles. The summed E-state index contributed by atoms with van der Waals surface area (Å²) in [5.41, 5.74) is 2.00. The van der Waals surface area contributed by atoms with Crippen LogP contribution >= 0.6 is 0 Å². The fraction of sp³-hybridized carbons (Fsp3) is 0.742. The second kappa shape index (κ2) is 13.4. The number of benzene rings is 1. The van der Waals surface area contributed by atoms with Gasteiger partial charge in [-0.3, -0.25) is 9.69 Å². The lowest BCUT2D eigenvalue weighted by molar-refractivity contribution is -0.138. The molecule has 3 fully saturated rings. The van der Waals surface area contributed by atoms with Crippen LogP contribution in [0.15, 0.2) is 24.3 Å². The van der Waals surface area contributed by atoms with Gasteiger partial charge in [0.2, 0.25) is 0 Å². The van der Waals surface area contributed by atoms with Crippen LogP contribution in [-0.4, -0.2) is 35.1 Å². The summed E-state index contributed by atoms with van der Waals surface area (Å²) in [6, 6.07) is 10.9. The highest BCUT2D eigenvalue weighted by Crippen LogP contribution is 2.41. The van der Waals surface area contributed by atoms with E-state index in [2.05, 4.69) is 23.1 Å². The molecule has 35 heavy (non-hydrogen) atoms. The zero-order valence-electron chi connectivity index (χ0n) is 21.7. The minimum atomic E-state index is -0.668. The number of nitriles is 1. The number of hydrogen-bond donors (Lipinski definition) is 1. The summed E-state index contributed by atoms with van der Waals surface area (Å²) in [7, 11) is 0. The molecule has 3 atom stereocenters. The van der Waals surface area contributed by atoms with Gasteiger partial charge in [0.1, 0.15) is 0 Å². The lowest BCUT2D eigenvalue weighted by Gasteiger charge is -2.44. The van der Waals surface area contributed by atoms with Gasteiger partial charge in [-0.05, 0) is 86.6 Å². The third-order valence-electron chi connectivity index (χ3n) is 9.42. The Hall–Kier alpha value is -1.86. The minimum absolute atomic E-state index is 0.253. The molecule has 0 aliphatic heterocycles. The van der Waals surface area contributed by atoms with Gasteiger partial charge in [0.25, 0.3) is 0 Å². The van der Waals surface area contributed by atoms with Gasteiger partial charge < -0.3 is 5.11 Å². The number of carboxylic acids is 1. The van der Waals surface area contributed by atoms with E-state index in [4.69, 9.17) is 0 Å². The zero-order chi connectivity index (χ0) is 24.5. The normalized spacial score (nSPS) is 26.5. The molecule has 0 unspecified atom stereocenters. The summed E-state index contributed by atoms with van der Waals surface area (Å²) in [5.74, 6) is 1.72. The predicted octanol–water partition coefficient (Wildman–Crippen LogP) is 7.53. The van der Waals surface area contributed by atoms with E-state index in [0.29, 0.717) is 17.5 Å².